The Balaban J connectivity index is 1.98. The summed E-state index contributed by atoms with van der Waals surface area (Å²) >= 11 is 6.30. The molecule has 0 saturated carbocycles. The van der Waals surface area contributed by atoms with Gasteiger partial charge in [0.25, 0.3) is 11.7 Å². The number of carbonyl (C=O) groups is 2. The molecule has 1 aromatic heterocycles. The number of aliphatic hydroxyl groups is 1. The average molecular weight is 433 g/mol. The molecule has 1 amide bonds. The highest BCUT2D eigenvalue weighted by Crippen LogP contribution is 2.43. The largest absolute Gasteiger partial charge is 0.507 e. The van der Waals surface area contributed by atoms with Crippen LogP contribution in [0.25, 0.3) is 5.76 Å². The molecule has 1 aliphatic heterocycles. The van der Waals surface area contributed by atoms with E-state index in [1.807, 2.05) is 26.0 Å². The molecule has 0 radical (unpaired) electrons. The van der Waals surface area contributed by atoms with Crippen LogP contribution in [0.4, 0.5) is 5.69 Å². The summed E-state index contributed by atoms with van der Waals surface area (Å²) in [5.41, 5.74) is 4.36. The second-order valence-corrected chi connectivity index (χ2v) is 8.05. The number of benzene rings is 2. The van der Waals surface area contributed by atoms with Crippen LogP contribution in [0.15, 0.2) is 66.5 Å². The number of rotatable bonds is 3. The molecule has 5 nitrogen and oxygen atoms in total. The van der Waals surface area contributed by atoms with Crippen molar-refractivity contribution < 1.29 is 14.7 Å². The van der Waals surface area contributed by atoms with E-state index in [2.05, 4.69) is 4.98 Å². The summed E-state index contributed by atoms with van der Waals surface area (Å²) in [5.74, 6) is -1.67. The van der Waals surface area contributed by atoms with Crippen LogP contribution in [-0.4, -0.2) is 21.8 Å². The molecule has 1 aliphatic rings. The van der Waals surface area contributed by atoms with Gasteiger partial charge >= 0.3 is 0 Å². The Morgan fingerprint density at radius 2 is 1.81 bits per heavy atom. The standard InChI is InChI=1S/C25H21ClN2O3/c1-14-9-10-17(12-15(14)2)23(29)21-22(18-6-5-11-27-13-18)28(25(31)24(21)30)20-8-4-7-19(26)16(20)3/h4-13,22,29H,1-3H3/b23-21+. The molecule has 1 fully saturated rings. The highest BCUT2D eigenvalue weighted by molar-refractivity contribution is 6.52. The molecule has 4 rings (SSSR count). The second kappa shape index (κ2) is 8.00. The van der Waals surface area contributed by atoms with E-state index in [9.17, 15) is 14.7 Å². The number of nitrogens with zero attached hydrogens (tertiary/aromatic N) is 2. The predicted molar refractivity (Wildman–Crippen MR) is 121 cm³/mol. The molecule has 0 aliphatic carbocycles. The molecule has 2 aromatic carbocycles. The van der Waals surface area contributed by atoms with Gasteiger partial charge in [0, 0.05) is 28.7 Å². The van der Waals surface area contributed by atoms with Crippen molar-refractivity contribution in [2.75, 3.05) is 4.90 Å². The number of anilines is 1. The van der Waals surface area contributed by atoms with Crippen molar-refractivity contribution in [3.05, 3.63) is 99.3 Å². The molecule has 1 N–H and O–H groups in total. The van der Waals surface area contributed by atoms with E-state index in [1.54, 1.807) is 55.7 Å². The fourth-order valence-corrected chi connectivity index (χ4v) is 4.00. The summed E-state index contributed by atoms with van der Waals surface area (Å²) in [6.07, 6.45) is 3.21. The molecule has 156 valence electrons. The third-order valence-electron chi connectivity index (χ3n) is 5.72. The molecule has 1 saturated heterocycles. The van der Waals surface area contributed by atoms with Crippen molar-refractivity contribution in [2.24, 2.45) is 0 Å². The molecule has 1 atom stereocenters. The number of hydrogen-bond donors (Lipinski definition) is 1. The minimum Gasteiger partial charge on any atom is -0.507 e. The molecule has 0 bridgehead atoms. The van der Waals surface area contributed by atoms with E-state index >= 15 is 0 Å². The summed E-state index contributed by atoms with van der Waals surface area (Å²) in [4.78, 5) is 31.9. The van der Waals surface area contributed by atoms with E-state index in [0.717, 1.165) is 11.1 Å². The minimum atomic E-state index is -0.826. The lowest BCUT2D eigenvalue weighted by molar-refractivity contribution is -0.132. The quantitative estimate of drug-likeness (QED) is 0.347. The number of Topliss-reactive ketones (excluding diaryl/α,β-unsaturated/α-hetero) is 1. The van der Waals surface area contributed by atoms with Crippen LogP contribution in [0, 0.1) is 20.8 Å². The average Bonchev–Trinajstić information content (AvgIpc) is 3.03. The maximum absolute atomic E-state index is 13.2. The van der Waals surface area contributed by atoms with Crippen molar-refractivity contribution in [3.63, 3.8) is 0 Å². The summed E-state index contributed by atoms with van der Waals surface area (Å²) in [5, 5.41) is 11.7. The number of pyridine rings is 1. The molecule has 3 aromatic rings. The molecule has 1 unspecified atom stereocenters. The van der Waals surface area contributed by atoms with E-state index in [0.29, 0.717) is 27.4 Å². The Hall–Kier alpha value is -3.44. The van der Waals surface area contributed by atoms with Gasteiger partial charge in [-0.3, -0.25) is 19.5 Å². The van der Waals surface area contributed by atoms with Gasteiger partial charge in [-0.15, -0.1) is 0 Å². The van der Waals surface area contributed by atoms with Gasteiger partial charge in [0.2, 0.25) is 0 Å². The fourth-order valence-electron chi connectivity index (χ4n) is 3.84. The number of aryl methyl sites for hydroxylation is 2. The molecular weight excluding hydrogens is 412 g/mol. The van der Waals surface area contributed by atoms with Gasteiger partial charge in [-0.05, 0) is 67.3 Å². The Kier molecular flexibility index (Phi) is 5.38. The Morgan fingerprint density at radius 1 is 1.03 bits per heavy atom. The molecule has 0 spiro atoms. The van der Waals surface area contributed by atoms with Gasteiger partial charge in [-0.2, -0.15) is 0 Å². The van der Waals surface area contributed by atoms with Crippen LogP contribution < -0.4 is 4.90 Å². The first-order chi connectivity index (χ1) is 14.8. The van der Waals surface area contributed by atoms with Crippen LogP contribution in [0.5, 0.6) is 0 Å². The number of halogens is 1. The monoisotopic (exact) mass is 432 g/mol. The van der Waals surface area contributed by atoms with Crippen LogP contribution in [-0.2, 0) is 9.59 Å². The zero-order valence-electron chi connectivity index (χ0n) is 17.4. The lowest BCUT2D eigenvalue weighted by Gasteiger charge is -2.26. The maximum Gasteiger partial charge on any atom is 0.300 e. The van der Waals surface area contributed by atoms with Gasteiger partial charge in [0.1, 0.15) is 5.76 Å². The first kappa shape index (κ1) is 20.8. The van der Waals surface area contributed by atoms with E-state index in [1.165, 1.54) is 4.90 Å². The highest BCUT2D eigenvalue weighted by Gasteiger charge is 2.47. The normalized spacial score (nSPS) is 17.9. The third-order valence-corrected chi connectivity index (χ3v) is 6.13. The SMILES string of the molecule is Cc1ccc(/C(O)=C2\C(=O)C(=O)N(c3cccc(Cl)c3C)C2c2cccnc2)cc1C. The Morgan fingerprint density at radius 3 is 2.48 bits per heavy atom. The first-order valence-electron chi connectivity index (χ1n) is 9.85. The molecule has 6 heteroatoms. The molecular formula is C25H21ClN2O3. The van der Waals surface area contributed by atoms with Crippen LogP contribution >= 0.6 is 11.6 Å². The summed E-state index contributed by atoms with van der Waals surface area (Å²) in [6.45, 7) is 5.69. The zero-order valence-corrected chi connectivity index (χ0v) is 18.1. The van der Waals surface area contributed by atoms with Crippen LogP contribution in [0.3, 0.4) is 0 Å². The van der Waals surface area contributed by atoms with Gasteiger partial charge in [0.05, 0.1) is 11.6 Å². The third kappa shape index (κ3) is 3.51. The van der Waals surface area contributed by atoms with Crippen molar-refractivity contribution in [1.82, 2.24) is 4.98 Å². The van der Waals surface area contributed by atoms with Crippen LogP contribution in [0.1, 0.15) is 33.9 Å². The van der Waals surface area contributed by atoms with Crippen molar-refractivity contribution in [3.8, 4) is 0 Å². The number of aliphatic hydroxyl groups excluding tert-OH is 1. The highest BCUT2D eigenvalue weighted by atomic mass is 35.5. The maximum atomic E-state index is 13.2. The van der Waals surface area contributed by atoms with Crippen LogP contribution in [0.2, 0.25) is 5.02 Å². The van der Waals surface area contributed by atoms with Crippen molar-refractivity contribution in [1.29, 1.82) is 0 Å². The zero-order chi connectivity index (χ0) is 22.3. The summed E-state index contributed by atoms with van der Waals surface area (Å²) < 4.78 is 0. The molecule has 2 heterocycles. The molecule has 31 heavy (non-hydrogen) atoms. The Bertz CT molecular complexity index is 1230. The van der Waals surface area contributed by atoms with Gasteiger partial charge in [-0.25, -0.2) is 0 Å². The number of hydrogen-bond acceptors (Lipinski definition) is 4. The fraction of sp³-hybridized carbons (Fsp3) is 0.160. The lowest BCUT2D eigenvalue weighted by Crippen LogP contribution is -2.30. The van der Waals surface area contributed by atoms with Gasteiger partial charge < -0.3 is 5.11 Å². The second-order valence-electron chi connectivity index (χ2n) is 7.64. The number of amides is 1. The summed E-state index contributed by atoms with van der Waals surface area (Å²) in [6, 6.07) is 13.3. The van der Waals surface area contributed by atoms with Crippen molar-refractivity contribution in [2.45, 2.75) is 26.8 Å². The topological polar surface area (TPSA) is 70.5 Å². The Labute approximate surface area is 185 Å². The minimum absolute atomic E-state index is 0.0284. The lowest BCUT2D eigenvalue weighted by atomic mass is 9.95. The smallest absolute Gasteiger partial charge is 0.300 e. The first-order valence-corrected chi connectivity index (χ1v) is 10.2. The number of ketones is 1. The number of carbonyl (C=O) groups excluding carboxylic acids is 2. The van der Waals surface area contributed by atoms with E-state index in [4.69, 9.17) is 11.6 Å². The van der Waals surface area contributed by atoms with E-state index in [-0.39, 0.29) is 11.3 Å². The summed E-state index contributed by atoms with van der Waals surface area (Å²) in [7, 11) is 0. The van der Waals surface area contributed by atoms with Crippen molar-refractivity contribution >= 4 is 34.7 Å². The number of aromatic nitrogens is 1. The van der Waals surface area contributed by atoms with Gasteiger partial charge in [0.15, 0.2) is 0 Å². The predicted octanol–water partition coefficient (Wildman–Crippen LogP) is 5.29. The van der Waals surface area contributed by atoms with E-state index < -0.39 is 17.7 Å². The van der Waals surface area contributed by atoms with Gasteiger partial charge in [-0.1, -0.05) is 35.9 Å².